The van der Waals surface area contributed by atoms with E-state index in [2.05, 4.69) is 31.1 Å². The Bertz CT molecular complexity index is 494. The third kappa shape index (κ3) is 7.11. The molecule has 0 aliphatic carbocycles. The van der Waals surface area contributed by atoms with Crippen molar-refractivity contribution in [3.63, 3.8) is 0 Å². The Kier molecular flexibility index (Phi) is 7.43. The first-order valence-electron chi connectivity index (χ1n) is 7.83. The van der Waals surface area contributed by atoms with Gasteiger partial charge in [0.15, 0.2) is 5.96 Å². The van der Waals surface area contributed by atoms with E-state index in [0.29, 0.717) is 24.1 Å². The summed E-state index contributed by atoms with van der Waals surface area (Å²) in [7, 11) is 0. The molecular weight excluding hydrogens is 276 g/mol. The van der Waals surface area contributed by atoms with Crippen LogP contribution in [-0.4, -0.2) is 17.9 Å². The van der Waals surface area contributed by atoms with Crippen LogP contribution in [0.5, 0.6) is 0 Å². The average Bonchev–Trinajstić information content (AvgIpc) is 2.45. The van der Waals surface area contributed by atoms with Crippen molar-refractivity contribution in [3.8, 4) is 0 Å². The highest BCUT2D eigenvalue weighted by molar-refractivity contribution is 5.92. The molecule has 0 heterocycles. The summed E-state index contributed by atoms with van der Waals surface area (Å²) in [4.78, 5) is 15.3. The average molecular weight is 304 g/mol. The first-order valence-corrected chi connectivity index (χ1v) is 7.83. The van der Waals surface area contributed by atoms with E-state index in [9.17, 15) is 4.79 Å². The molecule has 0 saturated heterocycles. The molecule has 0 aliphatic rings. The number of guanidine groups is 1. The highest BCUT2D eigenvalue weighted by Gasteiger charge is 2.04. The van der Waals surface area contributed by atoms with Crippen molar-refractivity contribution >= 4 is 11.9 Å². The minimum Gasteiger partial charge on any atom is -0.370 e. The van der Waals surface area contributed by atoms with E-state index >= 15 is 0 Å². The topological polar surface area (TPSA) is 93.5 Å². The highest BCUT2D eigenvalue weighted by atomic mass is 16.1. The highest BCUT2D eigenvalue weighted by Crippen LogP contribution is 2.08. The summed E-state index contributed by atoms with van der Waals surface area (Å²) in [6, 6.07) is 7.39. The fraction of sp³-hybridized carbons (Fsp3) is 0.529. The molecule has 122 valence electrons. The molecule has 1 atom stereocenters. The van der Waals surface area contributed by atoms with Gasteiger partial charge >= 0.3 is 0 Å². The second-order valence-corrected chi connectivity index (χ2v) is 6.13. The van der Waals surface area contributed by atoms with Crippen molar-refractivity contribution < 1.29 is 4.79 Å². The summed E-state index contributed by atoms with van der Waals surface area (Å²) in [6.07, 6.45) is 3.50. The lowest BCUT2D eigenvalue weighted by Crippen LogP contribution is -2.38. The zero-order chi connectivity index (χ0) is 16.5. The molecule has 0 aromatic heterocycles. The Morgan fingerprint density at radius 1 is 1.14 bits per heavy atom. The second kappa shape index (κ2) is 9.07. The number of hydrogen-bond acceptors (Lipinski definition) is 2. The van der Waals surface area contributed by atoms with Crippen molar-refractivity contribution in [2.24, 2.45) is 22.4 Å². The van der Waals surface area contributed by atoms with Crippen molar-refractivity contribution in [3.05, 3.63) is 35.4 Å². The monoisotopic (exact) mass is 304 g/mol. The molecule has 0 bridgehead atoms. The third-order valence-corrected chi connectivity index (χ3v) is 3.48. The Morgan fingerprint density at radius 3 is 2.32 bits per heavy atom. The maximum absolute atomic E-state index is 11.0. The third-order valence-electron chi connectivity index (χ3n) is 3.48. The number of carbonyl (C=O) groups excluding carboxylic acids is 1. The number of nitrogens with zero attached hydrogens (tertiary/aromatic N) is 1. The molecular formula is C17H28N4O. The summed E-state index contributed by atoms with van der Waals surface area (Å²) < 4.78 is 0. The molecule has 0 spiro atoms. The lowest BCUT2D eigenvalue weighted by Gasteiger charge is -2.15. The van der Waals surface area contributed by atoms with Gasteiger partial charge in [-0.15, -0.1) is 0 Å². The van der Waals surface area contributed by atoms with Gasteiger partial charge in [-0.1, -0.05) is 38.8 Å². The van der Waals surface area contributed by atoms with Crippen LogP contribution in [0.3, 0.4) is 0 Å². The van der Waals surface area contributed by atoms with Gasteiger partial charge in [-0.2, -0.15) is 0 Å². The lowest BCUT2D eigenvalue weighted by molar-refractivity contribution is 0.100. The minimum absolute atomic E-state index is 0.319. The van der Waals surface area contributed by atoms with Crippen LogP contribution in [0.2, 0.25) is 0 Å². The Morgan fingerprint density at radius 2 is 1.77 bits per heavy atom. The lowest BCUT2D eigenvalue weighted by atomic mass is 10.0. The maximum atomic E-state index is 11.0. The van der Waals surface area contributed by atoms with Gasteiger partial charge < -0.3 is 16.8 Å². The molecule has 0 fully saturated rings. The number of nitrogens with one attached hydrogen (secondary N) is 1. The molecule has 1 aromatic rings. The molecule has 5 nitrogen and oxygen atoms in total. The number of rotatable bonds is 8. The van der Waals surface area contributed by atoms with E-state index in [1.54, 1.807) is 12.1 Å². The molecule has 22 heavy (non-hydrogen) atoms. The maximum Gasteiger partial charge on any atom is 0.248 e. The van der Waals surface area contributed by atoms with E-state index in [-0.39, 0.29) is 0 Å². The van der Waals surface area contributed by atoms with Gasteiger partial charge in [0.05, 0.1) is 6.54 Å². The Balaban J connectivity index is 2.40. The summed E-state index contributed by atoms with van der Waals surface area (Å²) in [5.41, 5.74) is 12.6. The number of benzene rings is 1. The predicted octanol–water partition coefficient (Wildman–Crippen LogP) is 2.40. The van der Waals surface area contributed by atoms with E-state index < -0.39 is 5.91 Å². The van der Waals surface area contributed by atoms with Crippen molar-refractivity contribution in [1.29, 1.82) is 0 Å². The van der Waals surface area contributed by atoms with E-state index in [1.165, 1.54) is 12.8 Å². The van der Waals surface area contributed by atoms with Crippen LogP contribution in [0.1, 0.15) is 56.0 Å². The van der Waals surface area contributed by atoms with Gasteiger partial charge in [-0.05, 0) is 37.0 Å². The van der Waals surface area contributed by atoms with Crippen molar-refractivity contribution in [1.82, 2.24) is 5.32 Å². The quantitative estimate of drug-likeness (QED) is 0.508. The Hall–Kier alpha value is -2.04. The van der Waals surface area contributed by atoms with Crippen LogP contribution in [-0.2, 0) is 6.54 Å². The molecule has 0 aliphatic heterocycles. The largest absolute Gasteiger partial charge is 0.370 e. The van der Waals surface area contributed by atoms with Gasteiger partial charge in [0.1, 0.15) is 0 Å². The molecule has 0 radical (unpaired) electrons. The SMILES string of the molecule is CC(C)CCCC(C)NC(N)=NCc1ccc(C(N)=O)cc1. The van der Waals surface area contributed by atoms with Crippen LogP contribution in [0, 0.1) is 5.92 Å². The van der Waals surface area contributed by atoms with E-state index in [4.69, 9.17) is 11.5 Å². The number of carbonyl (C=O) groups is 1. The van der Waals surface area contributed by atoms with Gasteiger partial charge in [0.25, 0.3) is 0 Å². The normalized spacial score (nSPS) is 13.2. The van der Waals surface area contributed by atoms with Gasteiger partial charge in [-0.3, -0.25) is 4.79 Å². The van der Waals surface area contributed by atoms with Gasteiger partial charge in [-0.25, -0.2) is 4.99 Å². The molecule has 1 amide bonds. The fourth-order valence-corrected chi connectivity index (χ4v) is 2.15. The van der Waals surface area contributed by atoms with Crippen molar-refractivity contribution in [2.75, 3.05) is 0 Å². The standard InChI is InChI=1S/C17H28N4O/c1-12(2)5-4-6-13(3)21-17(19)20-11-14-7-9-15(10-8-14)16(18)22/h7-10,12-13H,4-6,11H2,1-3H3,(H2,18,22)(H3,19,20,21). The summed E-state index contributed by atoms with van der Waals surface area (Å²) in [6.45, 7) is 7.07. The van der Waals surface area contributed by atoms with E-state index in [1.807, 2.05) is 12.1 Å². The van der Waals surface area contributed by atoms with Crippen molar-refractivity contribution in [2.45, 2.75) is 52.6 Å². The van der Waals surface area contributed by atoms with Gasteiger partial charge in [0, 0.05) is 11.6 Å². The molecule has 1 unspecified atom stereocenters. The molecule has 5 N–H and O–H groups in total. The summed E-state index contributed by atoms with van der Waals surface area (Å²) >= 11 is 0. The van der Waals surface area contributed by atoms with E-state index in [0.717, 1.165) is 17.9 Å². The minimum atomic E-state index is -0.425. The number of nitrogens with two attached hydrogens (primary N) is 2. The second-order valence-electron chi connectivity index (χ2n) is 6.13. The number of aliphatic imine (C=N–C) groups is 1. The fourth-order valence-electron chi connectivity index (χ4n) is 2.15. The predicted molar refractivity (Wildman–Crippen MR) is 91.6 cm³/mol. The molecule has 1 rings (SSSR count). The zero-order valence-corrected chi connectivity index (χ0v) is 13.8. The smallest absolute Gasteiger partial charge is 0.248 e. The Labute approximate surface area is 133 Å². The first-order chi connectivity index (χ1) is 10.4. The van der Waals surface area contributed by atoms with Crippen LogP contribution in [0.15, 0.2) is 29.3 Å². The number of amides is 1. The van der Waals surface area contributed by atoms with Crippen LogP contribution in [0.25, 0.3) is 0 Å². The summed E-state index contributed by atoms with van der Waals surface area (Å²) in [5.74, 6) is 0.768. The number of hydrogen-bond donors (Lipinski definition) is 3. The van der Waals surface area contributed by atoms with Crippen LogP contribution < -0.4 is 16.8 Å². The molecule has 1 aromatic carbocycles. The molecule has 5 heteroatoms. The first kappa shape index (κ1) is 18.0. The summed E-state index contributed by atoms with van der Waals surface area (Å²) in [5, 5.41) is 3.21. The van der Waals surface area contributed by atoms with Crippen LogP contribution in [0.4, 0.5) is 0 Å². The molecule has 0 saturated carbocycles. The van der Waals surface area contributed by atoms with Crippen LogP contribution >= 0.6 is 0 Å². The van der Waals surface area contributed by atoms with Gasteiger partial charge in [0.2, 0.25) is 5.91 Å². The zero-order valence-electron chi connectivity index (χ0n) is 13.8. The number of primary amides is 1.